The number of H-pyrrole nitrogens is 1. The summed E-state index contributed by atoms with van der Waals surface area (Å²) in [6, 6.07) is 19.9. The first-order valence-electron chi connectivity index (χ1n) is 11.0. The standard InChI is InChI=1S/C25H23N7O/c1-2-3-10-22-27-25(33)21-9-6-15-26-24(21)32(22)16-17-11-13-18(14-12-17)19-7-4-5-8-20(19)23-28-30-31-29-23/h4-9,11-15H,2-3,10,16H2,1H3,(H,28,29,30,31). The molecule has 5 rings (SSSR count). The first-order chi connectivity index (χ1) is 16.2. The Morgan fingerprint density at radius 2 is 1.79 bits per heavy atom. The van der Waals surface area contributed by atoms with Crippen LogP contribution in [0.1, 0.15) is 31.2 Å². The smallest absolute Gasteiger partial charge is 0.282 e. The van der Waals surface area contributed by atoms with Crippen LogP contribution in [0.25, 0.3) is 33.5 Å². The number of aryl methyl sites for hydroxylation is 1. The third-order valence-corrected chi connectivity index (χ3v) is 5.69. The van der Waals surface area contributed by atoms with Crippen molar-refractivity contribution in [2.45, 2.75) is 32.7 Å². The third-order valence-electron chi connectivity index (χ3n) is 5.69. The van der Waals surface area contributed by atoms with E-state index in [1.807, 2.05) is 24.3 Å². The lowest BCUT2D eigenvalue weighted by molar-refractivity contribution is 0.664. The van der Waals surface area contributed by atoms with Crippen molar-refractivity contribution in [2.24, 2.45) is 0 Å². The normalized spacial score (nSPS) is 11.2. The molecule has 0 aliphatic heterocycles. The lowest BCUT2D eigenvalue weighted by Crippen LogP contribution is -2.20. The lowest BCUT2D eigenvalue weighted by atomic mass is 9.98. The van der Waals surface area contributed by atoms with Crippen molar-refractivity contribution in [3.8, 4) is 22.5 Å². The Balaban J connectivity index is 1.51. The molecular weight excluding hydrogens is 414 g/mol. The summed E-state index contributed by atoms with van der Waals surface area (Å²) in [5, 5.41) is 15.0. The van der Waals surface area contributed by atoms with Crippen LogP contribution in [0.15, 0.2) is 71.7 Å². The molecule has 3 aromatic heterocycles. The zero-order valence-electron chi connectivity index (χ0n) is 18.3. The maximum Gasteiger partial charge on any atom is 0.282 e. The van der Waals surface area contributed by atoms with Crippen LogP contribution < -0.4 is 5.56 Å². The molecule has 8 nitrogen and oxygen atoms in total. The van der Waals surface area contributed by atoms with Crippen LogP contribution in [0.3, 0.4) is 0 Å². The van der Waals surface area contributed by atoms with Crippen molar-refractivity contribution >= 4 is 11.0 Å². The highest BCUT2D eigenvalue weighted by molar-refractivity contribution is 5.80. The third kappa shape index (κ3) is 4.15. The SMILES string of the molecule is CCCCc1nc(=O)c2cccnc2n1Cc1ccc(-c2ccccc2-c2nn[nH]n2)cc1. The molecule has 3 heterocycles. The van der Waals surface area contributed by atoms with Crippen LogP contribution in [0, 0.1) is 0 Å². The van der Waals surface area contributed by atoms with Gasteiger partial charge in [0, 0.05) is 18.2 Å². The topological polar surface area (TPSA) is 102 Å². The van der Waals surface area contributed by atoms with E-state index in [1.54, 1.807) is 18.3 Å². The Bertz CT molecular complexity index is 1440. The van der Waals surface area contributed by atoms with E-state index in [0.717, 1.165) is 47.3 Å². The van der Waals surface area contributed by atoms with Gasteiger partial charge in [-0.3, -0.25) is 4.79 Å². The minimum absolute atomic E-state index is 0.214. The second-order valence-electron chi connectivity index (χ2n) is 7.88. The molecule has 33 heavy (non-hydrogen) atoms. The molecular formula is C25H23N7O. The Labute approximate surface area is 190 Å². The van der Waals surface area contributed by atoms with Crippen LogP contribution >= 0.6 is 0 Å². The number of aromatic amines is 1. The molecule has 0 amide bonds. The van der Waals surface area contributed by atoms with Gasteiger partial charge in [-0.1, -0.05) is 61.9 Å². The summed E-state index contributed by atoms with van der Waals surface area (Å²) in [4.78, 5) is 21.4. The molecule has 1 N–H and O–H groups in total. The largest absolute Gasteiger partial charge is 0.309 e. The number of benzene rings is 2. The van der Waals surface area contributed by atoms with E-state index in [1.165, 1.54) is 0 Å². The summed E-state index contributed by atoms with van der Waals surface area (Å²) in [5.74, 6) is 1.34. The second-order valence-corrected chi connectivity index (χ2v) is 7.88. The molecule has 164 valence electrons. The number of aromatic nitrogens is 7. The van der Waals surface area contributed by atoms with Gasteiger partial charge in [0.05, 0.1) is 11.9 Å². The number of nitrogens with zero attached hydrogens (tertiary/aromatic N) is 6. The van der Waals surface area contributed by atoms with Gasteiger partial charge in [-0.15, -0.1) is 10.2 Å². The average Bonchev–Trinajstić information content (AvgIpc) is 3.40. The van der Waals surface area contributed by atoms with Crippen molar-refractivity contribution < 1.29 is 0 Å². The number of pyridine rings is 1. The van der Waals surface area contributed by atoms with Gasteiger partial charge in [0.25, 0.3) is 5.56 Å². The first kappa shape index (κ1) is 20.7. The summed E-state index contributed by atoms with van der Waals surface area (Å²) in [6.07, 6.45) is 4.47. The van der Waals surface area contributed by atoms with Crippen molar-refractivity contribution in [1.82, 2.24) is 35.2 Å². The van der Waals surface area contributed by atoms with Gasteiger partial charge in [0.15, 0.2) is 0 Å². The predicted octanol–water partition coefficient (Wildman–Crippen LogP) is 4.03. The first-order valence-corrected chi connectivity index (χ1v) is 11.0. The monoisotopic (exact) mass is 437 g/mol. The van der Waals surface area contributed by atoms with Gasteiger partial charge in [-0.25, -0.2) is 4.98 Å². The van der Waals surface area contributed by atoms with Gasteiger partial charge < -0.3 is 4.57 Å². The van der Waals surface area contributed by atoms with Gasteiger partial charge in [-0.05, 0) is 40.5 Å². The number of rotatable bonds is 7. The van der Waals surface area contributed by atoms with Gasteiger partial charge in [-0.2, -0.15) is 10.2 Å². The van der Waals surface area contributed by atoms with Gasteiger partial charge >= 0.3 is 0 Å². The van der Waals surface area contributed by atoms with Crippen LogP contribution in [0.5, 0.6) is 0 Å². The molecule has 0 aliphatic rings. The second kappa shape index (κ2) is 9.12. The van der Waals surface area contributed by atoms with Crippen molar-refractivity contribution in [1.29, 1.82) is 0 Å². The van der Waals surface area contributed by atoms with Crippen LogP contribution in [-0.2, 0) is 13.0 Å². The van der Waals surface area contributed by atoms with Crippen molar-refractivity contribution in [3.63, 3.8) is 0 Å². The average molecular weight is 438 g/mol. The molecule has 0 spiro atoms. The predicted molar refractivity (Wildman–Crippen MR) is 127 cm³/mol. The molecule has 0 unspecified atom stereocenters. The van der Waals surface area contributed by atoms with Crippen molar-refractivity contribution in [3.05, 3.63) is 88.6 Å². The van der Waals surface area contributed by atoms with Crippen LogP contribution in [0.2, 0.25) is 0 Å². The maximum absolute atomic E-state index is 12.5. The summed E-state index contributed by atoms with van der Waals surface area (Å²) in [5.41, 5.74) is 4.58. The van der Waals surface area contributed by atoms with E-state index in [4.69, 9.17) is 0 Å². The van der Waals surface area contributed by atoms with Gasteiger partial charge in [0.1, 0.15) is 11.5 Å². The molecule has 0 aliphatic carbocycles. The molecule has 2 aromatic carbocycles. The maximum atomic E-state index is 12.5. The molecule has 0 saturated heterocycles. The molecule has 0 fully saturated rings. The minimum Gasteiger partial charge on any atom is -0.309 e. The van der Waals surface area contributed by atoms with Crippen LogP contribution in [0.4, 0.5) is 0 Å². The van der Waals surface area contributed by atoms with E-state index in [9.17, 15) is 4.79 Å². The Kier molecular flexibility index (Phi) is 5.72. The number of nitrogens with one attached hydrogen (secondary N) is 1. The zero-order chi connectivity index (χ0) is 22.6. The lowest BCUT2D eigenvalue weighted by Gasteiger charge is -2.15. The molecule has 0 bridgehead atoms. The fourth-order valence-electron chi connectivity index (χ4n) is 4.01. The Hall–Kier alpha value is -4.20. The van der Waals surface area contributed by atoms with E-state index in [0.29, 0.717) is 23.4 Å². The number of tetrazole rings is 1. The van der Waals surface area contributed by atoms with E-state index >= 15 is 0 Å². The van der Waals surface area contributed by atoms with E-state index in [2.05, 4.69) is 66.3 Å². The highest BCUT2D eigenvalue weighted by atomic mass is 16.1. The fraction of sp³-hybridized carbons (Fsp3) is 0.200. The number of unbranched alkanes of at least 4 members (excludes halogenated alkanes) is 1. The summed E-state index contributed by atoms with van der Waals surface area (Å²) in [7, 11) is 0. The number of hydrogen-bond donors (Lipinski definition) is 1. The molecule has 0 saturated carbocycles. The molecule has 0 atom stereocenters. The van der Waals surface area contributed by atoms with Crippen LogP contribution in [-0.4, -0.2) is 35.2 Å². The molecule has 0 radical (unpaired) electrons. The Morgan fingerprint density at radius 1 is 0.970 bits per heavy atom. The van der Waals surface area contributed by atoms with Crippen molar-refractivity contribution in [2.75, 3.05) is 0 Å². The zero-order valence-corrected chi connectivity index (χ0v) is 18.3. The molecule has 8 heteroatoms. The highest BCUT2D eigenvalue weighted by Gasteiger charge is 2.13. The summed E-state index contributed by atoms with van der Waals surface area (Å²) < 4.78 is 2.06. The highest BCUT2D eigenvalue weighted by Crippen LogP contribution is 2.30. The Morgan fingerprint density at radius 3 is 2.55 bits per heavy atom. The quantitative estimate of drug-likeness (QED) is 0.412. The molecule has 5 aromatic rings. The summed E-state index contributed by atoms with van der Waals surface area (Å²) >= 11 is 0. The van der Waals surface area contributed by atoms with E-state index in [-0.39, 0.29) is 5.56 Å². The minimum atomic E-state index is -0.214. The van der Waals surface area contributed by atoms with E-state index < -0.39 is 0 Å². The fourth-order valence-corrected chi connectivity index (χ4v) is 4.01. The summed E-state index contributed by atoms with van der Waals surface area (Å²) in [6.45, 7) is 2.72. The number of hydrogen-bond acceptors (Lipinski definition) is 6. The van der Waals surface area contributed by atoms with Gasteiger partial charge in [0.2, 0.25) is 5.82 Å². The number of fused-ring (bicyclic) bond motifs is 1.